The SMILES string of the molecule is [CH2]CCC1=C[N+](C)(CCC#N)c2ccccc21. The molecule has 0 N–H and O–H groups in total. The maximum Gasteiger partial charge on any atom is 0.145 e. The molecular weight excluding hydrogens is 208 g/mol. The lowest BCUT2D eigenvalue weighted by Gasteiger charge is -2.26. The van der Waals surface area contributed by atoms with Crippen molar-refractivity contribution in [2.45, 2.75) is 19.3 Å². The maximum absolute atomic E-state index is 8.77. The summed E-state index contributed by atoms with van der Waals surface area (Å²) in [5, 5.41) is 8.77. The molecule has 2 heteroatoms. The Morgan fingerprint density at radius 1 is 1.35 bits per heavy atom. The van der Waals surface area contributed by atoms with E-state index in [0.717, 1.165) is 23.9 Å². The van der Waals surface area contributed by atoms with E-state index in [1.54, 1.807) is 0 Å². The lowest BCUT2D eigenvalue weighted by atomic mass is 10.0. The predicted molar refractivity (Wildman–Crippen MR) is 71.8 cm³/mol. The van der Waals surface area contributed by atoms with E-state index in [9.17, 15) is 0 Å². The van der Waals surface area contributed by atoms with Gasteiger partial charge in [0.25, 0.3) is 0 Å². The number of para-hydroxylation sites is 1. The zero-order chi connectivity index (χ0) is 12.3. The summed E-state index contributed by atoms with van der Waals surface area (Å²) in [4.78, 5) is 0. The highest BCUT2D eigenvalue weighted by Gasteiger charge is 2.33. The second-order valence-electron chi connectivity index (χ2n) is 4.67. The van der Waals surface area contributed by atoms with Crippen molar-refractivity contribution in [3.05, 3.63) is 43.0 Å². The fourth-order valence-electron chi connectivity index (χ4n) is 2.53. The van der Waals surface area contributed by atoms with Crippen molar-refractivity contribution in [2.75, 3.05) is 13.6 Å². The van der Waals surface area contributed by atoms with Crippen molar-refractivity contribution in [3.63, 3.8) is 0 Å². The van der Waals surface area contributed by atoms with E-state index in [0.29, 0.717) is 6.42 Å². The van der Waals surface area contributed by atoms with Gasteiger partial charge in [-0.25, -0.2) is 0 Å². The number of quaternary nitrogens is 1. The number of benzene rings is 1. The van der Waals surface area contributed by atoms with Gasteiger partial charge in [-0.05, 0) is 18.9 Å². The Kier molecular flexibility index (Phi) is 3.31. The molecule has 0 fully saturated rings. The van der Waals surface area contributed by atoms with E-state index >= 15 is 0 Å². The molecule has 0 bridgehead atoms. The summed E-state index contributed by atoms with van der Waals surface area (Å²) in [5.74, 6) is 0. The van der Waals surface area contributed by atoms with Crippen molar-refractivity contribution >= 4 is 11.3 Å². The highest BCUT2D eigenvalue weighted by atomic mass is 15.3. The van der Waals surface area contributed by atoms with Crippen molar-refractivity contribution in [3.8, 4) is 6.07 Å². The lowest BCUT2D eigenvalue weighted by Crippen LogP contribution is -2.38. The number of nitrogens with zero attached hydrogens (tertiary/aromatic N) is 2. The molecule has 0 amide bonds. The zero-order valence-corrected chi connectivity index (χ0v) is 10.3. The summed E-state index contributed by atoms with van der Waals surface area (Å²) in [6.45, 7) is 4.77. The highest BCUT2D eigenvalue weighted by molar-refractivity contribution is 5.82. The Bertz CT molecular complexity index is 482. The second kappa shape index (κ2) is 4.73. The first-order valence-corrected chi connectivity index (χ1v) is 6.04. The van der Waals surface area contributed by atoms with Crippen LogP contribution in [0.15, 0.2) is 30.5 Å². The second-order valence-corrected chi connectivity index (χ2v) is 4.67. The van der Waals surface area contributed by atoms with Crippen LogP contribution in [0.5, 0.6) is 0 Å². The minimum atomic E-state index is 0.582. The molecule has 0 saturated heterocycles. The Balaban J connectivity index is 2.39. The maximum atomic E-state index is 8.77. The van der Waals surface area contributed by atoms with Crippen LogP contribution in [0, 0.1) is 18.3 Å². The zero-order valence-electron chi connectivity index (χ0n) is 10.3. The van der Waals surface area contributed by atoms with Crippen LogP contribution in [-0.4, -0.2) is 13.6 Å². The molecule has 1 aromatic rings. The minimum absolute atomic E-state index is 0.582. The van der Waals surface area contributed by atoms with Gasteiger partial charge in [0.05, 0.1) is 19.5 Å². The standard InChI is InChI=1S/C15H18N2/c1-3-7-13-12-17(2,11-6-10-16)15-9-5-4-8-14(13)15/h4-5,8-9,12H,1,3,6-7,11H2,2H3/q+1. The molecule has 1 aliphatic rings. The molecule has 1 unspecified atom stereocenters. The fraction of sp³-hybridized carbons (Fsp3) is 0.333. The first kappa shape index (κ1) is 11.9. The largest absolute Gasteiger partial charge is 0.266 e. The average Bonchev–Trinajstić information content (AvgIpc) is 2.62. The Morgan fingerprint density at radius 2 is 2.12 bits per heavy atom. The molecule has 1 heterocycles. The molecule has 2 rings (SSSR count). The van der Waals surface area contributed by atoms with Crippen LogP contribution in [0.2, 0.25) is 0 Å². The van der Waals surface area contributed by atoms with Crippen LogP contribution in [0.25, 0.3) is 5.57 Å². The number of hydrogen-bond donors (Lipinski definition) is 0. The van der Waals surface area contributed by atoms with E-state index in [2.05, 4.69) is 50.5 Å². The topological polar surface area (TPSA) is 23.8 Å². The quantitative estimate of drug-likeness (QED) is 0.721. The number of allylic oxidation sites excluding steroid dienone is 1. The van der Waals surface area contributed by atoms with Crippen molar-refractivity contribution in [1.82, 2.24) is 4.48 Å². The molecule has 2 nitrogen and oxygen atoms in total. The lowest BCUT2D eigenvalue weighted by molar-refractivity contribution is 0.460. The summed E-state index contributed by atoms with van der Waals surface area (Å²) in [5.41, 5.74) is 4.01. The van der Waals surface area contributed by atoms with Gasteiger partial charge in [0, 0.05) is 17.2 Å². The van der Waals surface area contributed by atoms with Crippen LogP contribution in [0.1, 0.15) is 24.8 Å². The molecule has 0 aliphatic carbocycles. The molecule has 1 aliphatic heterocycles. The van der Waals surface area contributed by atoms with Crippen LogP contribution >= 0.6 is 0 Å². The summed E-state index contributed by atoms with van der Waals surface area (Å²) >= 11 is 0. The number of nitriles is 1. The molecule has 0 aromatic heterocycles. The Hall–Kier alpha value is -1.59. The first-order chi connectivity index (χ1) is 8.21. The van der Waals surface area contributed by atoms with Gasteiger partial charge >= 0.3 is 0 Å². The van der Waals surface area contributed by atoms with Gasteiger partial charge in [-0.2, -0.15) is 5.26 Å². The van der Waals surface area contributed by atoms with Gasteiger partial charge in [-0.1, -0.05) is 19.1 Å². The smallest absolute Gasteiger partial charge is 0.145 e. The normalized spacial score (nSPS) is 21.8. The van der Waals surface area contributed by atoms with E-state index in [1.807, 2.05) is 0 Å². The van der Waals surface area contributed by atoms with Crippen molar-refractivity contribution < 1.29 is 0 Å². The van der Waals surface area contributed by atoms with Crippen LogP contribution in [-0.2, 0) is 0 Å². The van der Waals surface area contributed by atoms with Crippen LogP contribution < -0.4 is 4.48 Å². The monoisotopic (exact) mass is 226 g/mol. The summed E-state index contributed by atoms with van der Waals surface area (Å²) < 4.78 is 0.749. The van der Waals surface area contributed by atoms with E-state index in [4.69, 9.17) is 5.26 Å². The van der Waals surface area contributed by atoms with Crippen molar-refractivity contribution in [1.29, 1.82) is 5.26 Å². The molecule has 17 heavy (non-hydrogen) atoms. The third-order valence-corrected chi connectivity index (χ3v) is 3.38. The first-order valence-electron chi connectivity index (χ1n) is 6.04. The molecule has 87 valence electrons. The molecule has 0 saturated carbocycles. The van der Waals surface area contributed by atoms with Gasteiger partial charge in [0.2, 0.25) is 0 Å². The number of hydrogen-bond acceptors (Lipinski definition) is 1. The predicted octanol–water partition coefficient (Wildman–Crippen LogP) is 3.51. The van der Waals surface area contributed by atoms with Crippen molar-refractivity contribution in [2.24, 2.45) is 0 Å². The van der Waals surface area contributed by atoms with Crippen LogP contribution in [0.3, 0.4) is 0 Å². The highest BCUT2D eigenvalue weighted by Crippen LogP contribution is 2.40. The van der Waals surface area contributed by atoms with E-state index in [1.165, 1.54) is 16.8 Å². The summed E-state index contributed by atoms with van der Waals surface area (Å²) in [6.07, 6.45) is 4.79. The van der Waals surface area contributed by atoms with Gasteiger partial charge in [-0.3, -0.25) is 4.48 Å². The van der Waals surface area contributed by atoms with Gasteiger partial charge < -0.3 is 0 Å². The minimum Gasteiger partial charge on any atom is -0.266 e. The average molecular weight is 226 g/mol. The summed E-state index contributed by atoms with van der Waals surface area (Å²) in [6, 6.07) is 10.7. The molecular formula is C15H18N2+. The Morgan fingerprint density at radius 3 is 2.82 bits per heavy atom. The molecule has 1 aromatic carbocycles. The Labute approximate surface area is 103 Å². The third kappa shape index (κ3) is 2.11. The molecule has 0 spiro atoms. The van der Waals surface area contributed by atoms with Gasteiger partial charge in [0.1, 0.15) is 18.4 Å². The van der Waals surface area contributed by atoms with E-state index < -0.39 is 0 Å². The third-order valence-electron chi connectivity index (χ3n) is 3.38. The molecule has 1 atom stereocenters. The van der Waals surface area contributed by atoms with Gasteiger partial charge in [0.15, 0.2) is 0 Å². The molecule has 1 radical (unpaired) electrons. The summed E-state index contributed by atoms with van der Waals surface area (Å²) in [7, 11) is 2.17. The number of fused-ring (bicyclic) bond motifs is 1. The van der Waals surface area contributed by atoms with E-state index in [-0.39, 0.29) is 0 Å². The number of rotatable bonds is 4. The van der Waals surface area contributed by atoms with Gasteiger partial charge in [-0.15, -0.1) is 0 Å². The fourth-order valence-corrected chi connectivity index (χ4v) is 2.53. The van der Waals surface area contributed by atoms with Crippen LogP contribution in [0.4, 0.5) is 5.69 Å².